The van der Waals surface area contributed by atoms with Crippen LogP contribution < -0.4 is 11.1 Å². The van der Waals surface area contributed by atoms with Crippen LogP contribution >= 0.6 is 0 Å². The molecular formula is C12H18N2O. The second-order valence-electron chi connectivity index (χ2n) is 3.78. The van der Waals surface area contributed by atoms with Crippen LogP contribution in [0.15, 0.2) is 30.3 Å². The smallest absolute Gasteiger partial charge is 0.224 e. The van der Waals surface area contributed by atoms with Gasteiger partial charge >= 0.3 is 0 Å². The molecule has 1 aromatic carbocycles. The SMILES string of the molecule is CC(CN)C(=O)N[C@@H](C)c1ccccc1. The molecule has 1 aromatic rings. The number of hydrogen-bond donors (Lipinski definition) is 2. The fraction of sp³-hybridized carbons (Fsp3) is 0.417. The number of nitrogens with two attached hydrogens (primary N) is 1. The van der Waals surface area contributed by atoms with Crippen molar-refractivity contribution < 1.29 is 4.79 Å². The van der Waals surface area contributed by atoms with Crippen LogP contribution in [0.3, 0.4) is 0 Å². The third kappa shape index (κ3) is 3.36. The fourth-order valence-electron chi connectivity index (χ4n) is 1.29. The summed E-state index contributed by atoms with van der Waals surface area (Å²) in [6, 6.07) is 9.92. The molecule has 0 spiro atoms. The molecule has 0 saturated carbocycles. The highest BCUT2D eigenvalue weighted by Crippen LogP contribution is 2.11. The van der Waals surface area contributed by atoms with Gasteiger partial charge in [0, 0.05) is 12.5 Å². The summed E-state index contributed by atoms with van der Waals surface area (Å²) >= 11 is 0. The van der Waals surface area contributed by atoms with Crippen molar-refractivity contribution in [1.29, 1.82) is 0 Å². The molecule has 0 aliphatic heterocycles. The van der Waals surface area contributed by atoms with Crippen molar-refractivity contribution in [3.63, 3.8) is 0 Å². The summed E-state index contributed by atoms with van der Waals surface area (Å²) in [5.41, 5.74) is 6.53. The zero-order valence-corrected chi connectivity index (χ0v) is 9.23. The van der Waals surface area contributed by atoms with Gasteiger partial charge in [-0.15, -0.1) is 0 Å². The quantitative estimate of drug-likeness (QED) is 0.783. The summed E-state index contributed by atoms with van der Waals surface area (Å²) in [5, 5.41) is 2.93. The molecule has 3 nitrogen and oxygen atoms in total. The predicted molar refractivity (Wildman–Crippen MR) is 61.2 cm³/mol. The van der Waals surface area contributed by atoms with Crippen LogP contribution in [0.4, 0.5) is 0 Å². The van der Waals surface area contributed by atoms with Gasteiger partial charge in [0.25, 0.3) is 0 Å². The maximum absolute atomic E-state index is 11.6. The van der Waals surface area contributed by atoms with Crippen LogP contribution in [0.5, 0.6) is 0 Å². The lowest BCUT2D eigenvalue weighted by molar-refractivity contribution is -0.124. The standard InChI is InChI=1S/C12H18N2O/c1-9(8-13)12(15)14-10(2)11-6-4-3-5-7-11/h3-7,9-10H,8,13H2,1-2H3,(H,14,15)/t9?,10-/m0/s1. The molecule has 0 aromatic heterocycles. The monoisotopic (exact) mass is 206 g/mol. The van der Waals surface area contributed by atoms with Crippen molar-refractivity contribution in [1.82, 2.24) is 5.32 Å². The largest absolute Gasteiger partial charge is 0.349 e. The Morgan fingerprint density at radius 2 is 1.93 bits per heavy atom. The first kappa shape index (κ1) is 11.7. The number of carbonyl (C=O) groups is 1. The van der Waals surface area contributed by atoms with Crippen LogP contribution in [0.2, 0.25) is 0 Å². The van der Waals surface area contributed by atoms with E-state index in [0.717, 1.165) is 5.56 Å². The molecule has 0 saturated heterocycles. The molecule has 1 unspecified atom stereocenters. The van der Waals surface area contributed by atoms with Crippen molar-refractivity contribution in [3.05, 3.63) is 35.9 Å². The number of carbonyl (C=O) groups excluding carboxylic acids is 1. The van der Waals surface area contributed by atoms with E-state index >= 15 is 0 Å². The molecule has 82 valence electrons. The average molecular weight is 206 g/mol. The van der Waals surface area contributed by atoms with Crippen LogP contribution in [0, 0.1) is 5.92 Å². The van der Waals surface area contributed by atoms with Crippen molar-refractivity contribution in [2.45, 2.75) is 19.9 Å². The third-order valence-electron chi connectivity index (χ3n) is 2.46. The maximum atomic E-state index is 11.6. The van der Waals surface area contributed by atoms with Crippen molar-refractivity contribution >= 4 is 5.91 Å². The van der Waals surface area contributed by atoms with E-state index in [1.54, 1.807) is 0 Å². The van der Waals surface area contributed by atoms with Gasteiger partial charge in [-0.3, -0.25) is 4.79 Å². The lowest BCUT2D eigenvalue weighted by Crippen LogP contribution is -2.34. The van der Waals surface area contributed by atoms with Gasteiger partial charge in [0.2, 0.25) is 5.91 Å². The van der Waals surface area contributed by atoms with Crippen LogP contribution in [0.25, 0.3) is 0 Å². The molecule has 0 bridgehead atoms. The Balaban J connectivity index is 2.56. The second kappa shape index (κ2) is 5.51. The molecular weight excluding hydrogens is 188 g/mol. The topological polar surface area (TPSA) is 55.1 Å². The number of amides is 1. The van der Waals surface area contributed by atoms with Crippen LogP contribution in [-0.2, 0) is 4.79 Å². The highest BCUT2D eigenvalue weighted by Gasteiger charge is 2.14. The lowest BCUT2D eigenvalue weighted by atomic mass is 10.1. The fourth-order valence-corrected chi connectivity index (χ4v) is 1.29. The minimum atomic E-state index is -0.129. The molecule has 3 N–H and O–H groups in total. The molecule has 3 heteroatoms. The maximum Gasteiger partial charge on any atom is 0.224 e. The zero-order chi connectivity index (χ0) is 11.3. The van der Waals surface area contributed by atoms with Gasteiger partial charge in [-0.25, -0.2) is 0 Å². The second-order valence-corrected chi connectivity index (χ2v) is 3.78. The Hall–Kier alpha value is -1.35. The molecule has 0 radical (unpaired) electrons. The van der Waals surface area contributed by atoms with Gasteiger partial charge in [0.1, 0.15) is 0 Å². The minimum Gasteiger partial charge on any atom is -0.349 e. The van der Waals surface area contributed by atoms with Crippen LogP contribution in [-0.4, -0.2) is 12.5 Å². The van der Waals surface area contributed by atoms with Gasteiger partial charge in [-0.2, -0.15) is 0 Å². The summed E-state index contributed by atoms with van der Waals surface area (Å²) < 4.78 is 0. The van der Waals surface area contributed by atoms with Crippen LogP contribution in [0.1, 0.15) is 25.5 Å². The van der Waals surface area contributed by atoms with E-state index in [0.29, 0.717) is 6.54 Å². The normalized spacial score (nSPS) is 14.3. The highest BCUT2D eigenvalue weighted by molar-refractivity contribution is 5.78. The summed E-state index contributed by atoms with van der Waals surface area (Å²) in [7, 11) is 0. The Labute approximate surface area is 90.7 Å². The summed E-state index contributed by atoms with van der Waals surface area (Å²) in [4.78, 5) is 11.6. The zero-order valence-electron chi connectivity index (χ0n) is 9.23. The molecule has 0 fully saturated rings. The predicted octanol–water partition coefficient (Wildman–Crippen LogP) is 1.46. The summed E-state index contributed by atoms with van der Waals surface area (Å²) in [5.74, 6) is -0.120. The van der Waals surface area contributed by atoms with Gasteiger partial charge in [-0.05, 0) is 12.5 Å². The Bertz CT molecular complexity index is 311. The van der Waals surface area contributed by atoms with E-state index < -0.39 is 0 Å². The number of rotatable bonds is 4. The highest BCUT2D eigenvalue weighted by atomic mass is 16.1. The average Bonchev–Trinajstić information content (AvgIpc) is 2.29. The minimum absolute atomic E-state index is 0.00820. The van der Waals surface area contributed by atoms with E-state index in [2.05, 4.69) is 5.32 Å². The Morgan fingerprint density at radius 1 is 1.33 bits per heavy atom. The van der Waals surface area contributed by atoms with Gasteiger partial charge in [0.15, 0.2) is 0 Å². The van der Waals surface area contributed by atoms with E-state index in [1.165, 1.54) is 0 Å². The summed E-state index contributed by atoms with van der Waals surface area (Å²) in [6.45, 7) is 4.18. The van der Waals surface area contributed by atoms with Gasteiger partial charge < -0.3 is 11.1 Å². The van der Waals surface area contributed by atoms with E-state index in [-0.39, 0.29) is 17.9 Å². The summed E-state index contributed by atoms with van der Waals surface area (Å²) in [6.07, 6.45) is 0. The molecule has 15 heavy (non-hydrogen) atoms. The van der Waals surface area contributed by atoms with Gasteiger partial charge in [-0.1, -0.05) is 37.3 Å². The van der Waals surface area contributed by atoms with Crippen molar-refractivity contribution in [2.75, 3.05) is 6.54 Å². The number of nitrogens with one attached hydrogen (secondary N) is 1. The van der Waals surface area contributed by atoms with Crippen molar-refractivity contribution in [3.8, 4) is 0 Å². The molecule has 0 heterocycles. The van der Waals surface area contributed by atoms with Crippen molar-refractivity contribution in [2.24, 2.45) is 11.7 Å². The number of hydrogen-bond acceptors (Lipinski definition) is 2. The van der Waals surface area contributed by atoms with E-state index in [4.69, 9.17) is 5.73 Å². The first-order valence-corrected chi connectivity index (χ1v) is 5.20. The Kier molecular flexibility index (Phi) is 4.31. The number of benzene rings is 1. The molecule has 0 aliphatic rings. The Morgan fingerprint density at radius 3 is 2.47 bits per heavy atom. The van der Waals surface area contributed by atoms with E-state index in [1.807, 2.05) is 44.2 Å². The lowest BCUT2D eigenvalue weighted by Gasteiger charge is -2.16. The van der Waals surface area contributed by atoms with Gasteiger partial charge in [0.05, 0.1) is 6.04 Å². The third-order valence-corrected chi connectivity index (χ3v) is 2.46. The molecule has 1 rings (SSSR count). The first-order valence-electron chi connectivity index (χ1n) is 5.20. The molecule has 0 aliphatic carbocycles. The van der Waals surface area contributed by atoms with E-state index in [9.17, 15) is 4.79 Å². The first-order chi connectivity index (χ1) is 7.15. The molecule has 1 amide bonds. The molecule has 2 atom stereocenters.